The third-order valence-corrected chi connectivity index (χ3v) is 10.9. The lowest BCUT2D eigenvalue weighted by Crippen LogP contribution is -2.57. The Morgan fingerprint density at radius 1 is 0.941 bits per heavy atom. The number of amides is 3. The zero-order valence-electron chi connectivity index (χ0n) is 28.8. The van der Waals surface area contributed by atoms with Gasteiger partial charge in [-0.05, 0) is 24.5 Å². The predicted octanol–water partition coefficient (Wildman–Crippen LogP) is 2.17. The third kappa shape index (κ3) is 6.73. The average Bonchev–Trinajstić information content (AvgIpc) is 3.80. The fourth-order valence-electron chi connectivity index (χ4n) is 8.31. The van der Waals surface area contributed by atoms with Crippen molar-refractivity contribution in [2.75, 3.05) is 52.5 Å². The van der Waals surface area contributed by atoms with Crippen LogP contribution in [0.15, 0.2) is 85.0 Å². The molecule has 5 aliphatic heterocycles. The Bertz CT molecular complexity index is 1650. The number of hydrogen-bond acceptors (Lipinski definition) is 9. The van der Waals surface area contributed by atoms with Crippen LogP contribution in [0.1, 0.15) is 43.0 Å². The molecule has 0 aromatic heterocycles. The molecule has 51 heavy (non-hydrogen) atoms. The Morgan fingerprint density at radius 2 is 1.67 bits per heavy atom. The smallest absolute Gasteiger partial charge is 0.313 e. The number of esters is 1. The number of rotatable bonds is 7. The van der Waals surface area contributed by atoms with E-state index in [-0.39, 0.29) is 24.8 Å². The van der Waals surface area contributed by atoms with Gasteiger partial charge < -0.3 is 34.4 Å². The molecule has 0 radical (unpaired) electrons. The summed E-state index contributed by atoms with van der Waals surface area (Å²) in [6.45, 7) is 5.27. The minimum absolute atomic E-state index is 0.195. The van der Waals surface area contributed by atoms with Gasteiger partial charge in [0.05, 0.1) is 43.9 Å². The van der Waals surface area contributed by atoms with Crippen LogP contribution in [0.5, 0.6) is 0 Å². The van der Waals surface area contributed by atoms with Crippen molar-refractivity contribution < 1.29 is 38.5 Å². The van der Waals surface area contributed by atoms with Gasteiger partial charge in [0, 0.05) is 39.1 Å². The van der Waals surface area contributed by atoms with Crippen molar-refractivity contribution in [2.24, 2.45) is 11.8 Å². The Kier molecular flexibility index (Phi) is 10.4. The van der Waals surface area contributed by atoms with E-state index in [1.165, 1.54) is 4.90 Å². The van der Waals surface area contributed by atoms with E-state index in [4.69, 9.17) is 14.2 Å². The Labute approximate surface area is 298 Å². The number of nitrogens with one attached hydrogen (secondary N) is 1. The van der Waals surface area contributed by atoms with Crippen molar-refractivity contribution in [3.63, 3.8) is 0 Å². The molecule has 12 heteroatoms. The highest BCUT2D eigenvalue weighted by Gasteiger charge is 2.74. The predicted molar refractivity (Wildman–Crippen MR) is 186 cm³/mol. The van der Waals surface area contributed by atoms with Gasteiger partial charge in [-0.1, -0.05) is 85.0 Å². The molecule has 7 rings (SSSR count). The van der Waals surface area contributed by atoms with Crippen molar-refractivity contribution in [1.29, 1.82) is 0 Å². The second kappa shape index (κ2) is 15.1. The molecule has 1 spiro atoms. The van der Waals surface area contributed by atoms with Crippen molar-refractivity contribution in [1.82, 2.24) is 20.0 Å². The van der Waals surface area contributed by atoms with Crippen molar-refractivity contribution in [3.05, 3.63) is 96.1 Å². The first-order chi connectivity index (χ1) is 24.8. The molecule has 2 aromatic carbocycles. The fourth-order valence-corrected chi connectivity index (χ4v) is 8.31. The minimum Gasteiger partial charge on any atom is -0.455 e. The van der Waals surface area contributed by atoms with Crippen molar-refractivity contribution in [3.8, 4) is 0 Å². The molecule has 8 atom stereocenters. The highest BCUT2D eigenvalue weighted by Crippen LogP contribution is 2.57. The fraction of sp³-hybridized carbons (Fsp3) is 0.487. The summed E-state index contributed by atoms with van der Waals surface area (Å²) in [5.41, 5.74) is -0.101. The maximum Gasteiger partial charge on any atom is 0.313 e. The van der Waals surface area contributed by atoms with Crippen LogP contribution < -0.4 is 5.32 Å². The first kappa shape index (κ1) is 35.1. The maximum atomic E-state index is 15.1. The van der Waals surface area contributed by atoms with E-state index >= 15 is 4.79 Å². The summed E-state index contributed by atoms with van der Waals surface area (Å²) in [5, 5.41) is 13.9. The molecule has 5 aliphatic rings. The summed E-state index contributed by atoms with van der Waals surface area (Å²) in [5.74, 6) is -3.75. The lowest BCUT2D eigenvalue weighted by molar-refractivity contribution is -0.162. The summed E-state index contributed by atoms with van der Waals surface area (Å²) >= 11 is 0. The molecule has 0 saturated carbocycles. The van der Waals surface area contributed by atoms with Crippen LogP contribution in [0.25, 0.3) is 0 Å². The van der Waals surface area contributed by atoms with Gasteiger partial charge in [-0.15, -0.1) is 0 Å². The molecule has 5 bridgehead atoms. The van der Waals surface area contributed by atoms with E-state index in [9.17, 15) is 19.5 Å². The summed E-state index contributed by atoms with van der Waals surface area (Å²) in [7, 11) is 0. The van der Waals surface area contributed by atoms with Crippen LogP contribution in [-0.4, -0.2) is 120 Å². The SMILES string of the molecule is C[C@H]1NC(=O)CC/C=C\CN(CCN2CCOCC2)C(=O)[C@@H]2N([C@H](CO)c3ccccc3)C(=O)[C@H]3[C@H](C(=O)O[C@@H]1c1ccccc1)[C@@H]1C=C[C@]23O1. The largest absolute Gasteiger partial charge is 0.455 e. The minimum atomic E-state index is -1.46. The normalized spacial score (nSPS) is 32.8. The zero-order valence-corrected chi connectivity index (χ0v) is 28.8. The van der Waals surface area contributed by atoms with E-state index in [2.05, 4.69) is 10.2 Å². The molecule has 0 aliphatic carbocycles. The van der Waals surface area contributed by atoms with Crippen molar-refractivity contribution in [2.45, 2.75) is 55.7 Å². The van der Waals surface area contributed by atoms with Gasteiger partial charge in [0.15, 0.2) is 0 Å². The van der Waals surface area contributed by atoms with Gasteiger partial charge in [-0.2, -0.15) is 0 Å². The molecule has 0 unspecified atom stereocenters. The molecule has 2 N–H and O–H groups in total. The van der Waals surface area contributed by atoms with Crippen LogP contribution in [0.2, 0.25) is 0 Å². The molecular formula is C39H46N4O8. The van der Waals surface area contributed by atoms with E-state index < -0.39 is 66.3 Å². The van der Waals surface area contributed by atoms with E-state index in [0.29, 0.717) is 43.9 Å². The number of likely N-dealkylation sites (tertiary alicyclic amines) is 1. The zero-order chi connectivity index (χ0) is 35.5. The third-order valence-electron chi connectivity index (χ3n) is 10.9. The van der Waals surface area contributed by atoms with Crippen LogP contribution in [0.3, 0.4) is 0 Å². The number of cyclic esters (lactones) is 1. The molecular weight excluding hydrogens is 652 g/mol. The molecule has 270 valence electrons. The van der Waals surface area contributed by atoms with E-state index in [1.54, 1.807) is 24.0 Å². The standard InChI is InChI=1S/C39H46N4O8/c1-26-34(28-13-7-3-8-14-28)50-38(48)32-30-16-17-39(51-30)33(32)36(46)43(29(25-44)27-11-5-2-6-12-27)35(39)37(47)42(18-10-4-9-15-31(45)40-26)20-19-41-21-23-49-24-22-41/h2-8,10-14,16-17,26,29-30,32-35,44H,9,15,18-25H2,1H3,(H,40,45)/b10-4-/t26-,29-,30+,32-,33-,34+,35+,39-/m1/s1. The highest BCUT2D eigenvalue weighted by atomic mass is 16.6. The number of hydrogen-bond donors (Lipinski definition) is 2. The number of allylic oxidation sites excluding steroid dienone is 1. The summed E-state index contributed by atoms with van der Waals surface area (Å²) < 4.78 is 18.4. The molecule has 12 nitrogen and oxygen atoms in total. The quantitative estimate of drug-likeness (QED) is 0.329. The van der Waals surface area contributed by atoms with Crippen LogP contribution in [-0.2, 0) is 33.4 Å². The van der Waals surface area contributed by atoms with Gasteiger partial charge in [-0.25, -0.2) is 0 Å². The van der Waals surface area contributed by atoms with Crippen molar-refractivity contribution >= 4 is 23.7 Å². The number of aliphatic hydroxyl groups excluding tert-OH is 1. The lowest BCUT2D eigenvalue weighted by Gasteiger charge is -2.39. The van der Waals surface area contributed by atoms with Gasteiger partial charge >= 0.3 is 5.97 Å². The summed E-state index contributed by atoms with van der Waals surface area (Å²) in [6.07, 6.45) is 6.31. The van der Waals surface area contributed by atoms with Gasteiger partial charge in [-0.3, -0.25) is 24.1 Å². The Balaban J connectivity index is 1.30. The van der Waals surface area contributed by atoms with E-state index in [0.717, 1.165) is 13.1 Å². The number of fused-ring (bicyclic) bond motifs is 2. The van der Waals surface area contributed by atoms with Gasteiger partial charge in [0.2, 0.25) is 17.7 Å². The van der Waals surface area contributed by atoms with E-state index in [1.807, 2.05) is 72.8 Å². The Hall–Kier alpha value is -4.36. The molecule has 3 saturated heterocycles. The number of nitrogens with zero attached hydrogens (tertiary/aromatic N) is 3. The van der Waals surface area contributed by atoms with Gasteiger partial charge in [0.25, 0.3) is 0 Å². The topological polar surface area (TPSA) is 138 Å². The second-order valence-corrected chi connectivity index (χ2v) is 13.9. The first-order valence-electron chi connectivity index (χ1n) is 18.0. The monoisotopic (exact) mass is 698 g/mol. The average molecular weight is 699 g/mol. The van der Waals surface area contributed by atoms with Gasteiger partial charge in [0.1, 0.15) is 23.7 Å². The Morgan fingerprint density at radius 3 is 2.39 bits per heavy atom. The molecule has 3 amide bonds. The van der Waals surface area contributed by atoms with Crippen LogP contribution in [0, 0.1) is 11.8 Å². The maximum absolute atomic E-state index is 15.1. The summed E-state index contributed by atoms with van der Waals surface area (Å²) in [6, 6.07) is 15.7. The number of benzene rings is 2. The number of ether oxygens (including phenoxy) is 3. The number of morpholine rings is 1. The second-order valence-electron chi connectivity index (χ2n) is 13.9. The molecule has 5 heterocycles. The van der Waals surface area contributed by atoms with Crippen LogP contribution in [0.4, 0.5) is 0 Å². The molecule has 3 fully saturated rings. The van der Waals surface area contributed by atoms with Crippen LogP contribution >= 0.6 is 0 Å². The summed E-state index contributed by atoms with van der Waals surface area (Å²) in [4.78, 5) is 62.8. The molecule has 2 aromatic rings. The lowest BCUT2D eigenvalue weighted by atomic mass is 9.74. The number of aliphatic hydroxyl groups is 1. The first-order valence-corrected chi connectivity index (χ1v) is 18.0. The highest BCUT2D eigenvalue weighted by molar-refractivity contribution is 5.99. The number of carbonyl (C=O) groups excluding carboxylic acids is 4. The number of carbonyl (C=O) groups is 4.